The predicted molar refractivity (Wildman–Crippen MR) is 101 cm³/mol. The number of methoxy groups -OCH3 is 1. The molecule has 6 nitrogen and oxygen atoms in total. The first kappa shape index (κ1) is 18.1. The minimum absolute atomic E-state index is 0.271. The Bertz CT molecular complexity index is 940. The number of fused-ring (bicyclic) bond motifs is 2. The standard InChI is InChI=1S/C20H23NO5S/c1-14-18-13-20-19(25-10-3-11-26-20)12-15(18)8-9-21(14)27(22,23)17-6-4-16(24-2)5-7-17/h4-7,12-14H,3,8-11H2,1-2H3/t14-/m1/s1. The topological polar surface area (TPSA) is 65.1 Å². The number of nitrogens with zero attached hydrogens (tertiary/aromatic N) is 1. The second kappa shape index (κ2) is 7.05. The highest BCUT2D eigenvalue weighted by molar-refractivity contribution is 7.89. The van der Waals surface area contributed by atoms with Crippen LogP contribution in [0.15, 0.2) is 41.3 Å². The minimum atomic E-state index is -3.60. The van der Waals surface area contributed by atoms with E-state index in [2.05, 4.69) is 0 Å². The number of rotatable bonds is 3. The van der Waals surface area contributed by atoms with Crippen LogP contribution in [0.2, 0.25) is 0 Å². The molecule has 0 radical (unpaired) electrons. The summed E-state index contributed by atoms with van der Waals surface area (Å²) in [5, 5.41) is 0. The average molecular weight is 389 g/mol. The summed E-state index contributed by atoms with van der Waals surface area (Å²) in [5.41, 5.74) is 2.09. The summed E-state index contributed by atoms with van der Waals surface area (Å²) in [5.74, 6) is 2.08. The molecule has 7 heteroatoms. The van der Waals surface area contributed by atoms with Gasteiger partial charge in [-0.05, 0) is 60.9 Å². The highest BCUT2D eigenvalue weighted by Gasteiger charge is 2.35. The Morgan fingerprint density at radius 1 is 1.07 bits per heavy atom. The van der Waals surface area contributed by atoms with Crippen molar-refractivity contribution in [3.05, 3.63) is 47.5 Å². The highest BCUT2D eigenvalue weighted by Crippen LogP contribution is 2.40. The van der Waals surface area contributed by atoms with Crippen molar-refractivity contribution in [1.29, 1.82) is 0 Å². The Morgan fingerprint density at radius 3 is 2.41 bits per heavy atom. The lowest BCUT2D eigenvalue weighted by atomic mass is 9.94. The Hall–Kier alpha value is -2.25. The molecule has 0 bridgehead atoms. The van der Waals surface area contributed by atoms with Gasteiger partial charge in [-0.2, -0.15) is 4.31 Å². The van der Waals surface area contributed by atoms with Crippen molar-refractivity contribution in [2.45, 2.75) is 30.7 Å². The quantitative estimate of drug-likeness (QED) is 0.807. The van der Waals surface area contributed by atoms with Gasteiger partial charge in [0.2, 0.25) is 10.0 Å². The molecule has 4 rings (SSSR count). The van der Waals surface area contributed by atoms with Crippen LogP contribution in [0.3, 0.4) is 0 Å². The normalized spacial score (nSPS) is 19.9. The van der Waals surface area contributed by atoms with E-state index in [1.165, 1.54) is 0 Å². The molecule has 0 unspecified atom stereocenters. The predicted octanol–water partition coefficient (Wildman–Crippen LogP) is 3.16. The first-order chi connectivity index (χ1) is 13.0. The van der Waals surface area contributed by atoms with Gasteiger partial charge in [-0.3, -0.25) is 0 Å². The average Bonchev–Trinajstić information content (AvgIpc) is 2.91. The summed E-state index contributed by atoms with van der Waals surface area (Å²) in [7, 11) is -2.04. The highest BCUT2D eigenvalue weighted by atomic mass is 32.2. The van der Waals surface area contributed by atoms with Gasteiger partial charge < -0.3 is 14.2 Å². The molecule has 0 aromatic heterocycles. The Kier molecular flexibility index (Phi) is 4.74. The van der Waals surface area contributed by atoms with E-state index in [1.807, 2.05) is 19.1 Å². The molecular weight excluding hydrogens is 366 g/mol. The summed E-state index contributed by atoms with van der Waals surface area (Å²) < 4.78 is 44.6. The molecule has 27 heavy (non-hydrogen) atoms. The van der Waals surface area contributed by atoms with Crippen LogP contribution in [-0.2, 0) is 16.4 Å². The fourth-order valence-electron chi connectivity index (χ4n) is 3.66. The Morgan fingerprint density at radius 2 is 1.74 bits per heavy atom. The van der Waals surface area contributed by atoms with E-state index in [4.69, 9.17) is 14.2 Å². The number of ether oxygens (including phenoxy) is 3. The molecule has 2 aliphatic rings. The lowest BCUT2D eigenvalue weighted by Crippen LogP contribution is -2.38. The molecule has 0 aliphatic carbocycles. The molecule has 0 saturated heterocycles. The number of benzene rings is 2. The first-order valence-corrected chi connectivity index (χ1v) is 10.5. The van der Waals surface area contributed by atoms with Crippen molar-refractivity contribution >= 4 is 10.0 Å². The third-order valence-corrected chi connectivity index (χ3v) is 7.14. The van der Waals surface area contributed by atoms with E-state index in [1.54, 1.807) is 35.7 Å². The maximum Gasteiger partial charge on any atom is 0.243 e. The zero-order valence-corrected chi connectivity index (χ0v) is 16.3. The molecule has 2 aliphatic heterocycles. The molecule has 0 saturated carbocycles. The molecule has 1 atom stereocenters. The van der Waals surface area contributed by atoms with Crippen LogP contribution in [0.5, 0.6) is 17.2 Å². The van der Waals surface area contributed by atoms with Crippen LogP contribution in [0.25, 0.3) is 0 Å². The fraction of sp³-hybridized carbons (Fsp3) is 0.400. The van der Waals surface area contributed by atoms with Gasteiger partial charge in [0.25, 0.3) is 0 Å². The van der Waals surface area contributed by atoms with E-state index in [9.17, 15) is 8.42 Å². The molecule has 0 spiro atoms. The third-order valence-electron chi connectivity index (χ3n) is 5.16. The summed E-state index contributed by atoms with van der Waals surface area (Å²) in [6.07, 6.45) is 1.48. The third kappa shape index (κ3) is 3.26. The van der Waals surface area contributed by atoms with Crippen molar-refractivity contribution in [3.8, 4) is 17.2 Å². The smallest absolute Gasteiger partial charge is 0.243 e. The van der Waals surface area contributed by atoms with Crippen LogP contribution < -0.4 is 14.2 Å². The Labute approximate surface area is 159 Å². The Balaban J connectivity index is 1.68. The SMILES string of the molecule is COc1ccc(S(=O)(=O)N2CCc3cc4c(cc3[C@H]2C)OCCCO4)cc1. The van der Waals surface area contributed by atoms with Gasteiger partial charge in [-0.25, -0.2) is 8.42 Å². The maximum atomic E-state index is 13.2. The second-order valence-electron chi connectivity index (χ2n) is 6.77. The van der Waals surface area contributed by atoms with Gasteiger partial charge in [0.05, 0.1) is 25.2 Å². The van der Waals surface area contributed by atoms with Crippen LogP contribution in [0, 0.1) is 0 Å². The van der Waals surface area contributed by atoms with Crippen molar-refractivity contribution < 1.29 is 22.6 Å². The van der Waals surface area contributed by atoms with Crippen molar-refractivity contribution in [3.63, 3.8) is 0 Å². The number of sulfonamides is 1. The number of hydrogen-bond donors (Lipinski definition) is 0. The van der Waals surface area contributed by atoms with Crippen molar-refractivity contribution in [1.82, 2.24) is 4.31 Å². The molecule has 0 amide bonds. The maximum absolute atomic E-state index is 13.2. The zero-order chi connectivity index (χ0) is 19.0. The van der Waals surface area contributed by atoms with Gasteiger partial charge in [0.15, 0.2) is 11.5 Å². The van der Waals surface area contributed by atoms with Crippen LogP contribution in [0.1, 0.15) is 30.5 Å². The summed E-state index contributed by atoms with van der Waals surface area (Å²) in [4.78, 5) is 0.271. The van der Waals surface area contributed by atoms with Gasteiger partial charge >= 0.3 is 0 Å². The van der Waals surface area contributed by atoms with Crippen LogP contribution in [-0.4, -0.2) is 39.6 Å². The van der Waals surface area contributed by atoms with E-state index < -0.39 is 10.0 Å². The monoisotopic (exact) mass is 389 g/mol. The molecule has 2 aromatic carbocycles. The van der Waals surface area contributed by atoms with E-state index in [0.29, 0.717) is 37.7 Å². The van der Waals surface area contributed by atoms with Gasteiger partial charge in [0.1, 0.15) is 5.75 Å². The lowest BCUT2D eigenvalue weighted by molar-refractivity contribution is 0.296. The summed E-state index contributed by atoms with van der Waals surface area (Å²) in [6, 6.07) is 10.2. The largest absolute Gasteiger partial charge is 0.497 e. The van der Waals surface area contributed by atoms with Crippen molar-refractivity contribution in [2.24, 2.45) is 0 Å². The zero-order valence-electron chi connectivity index (χ0n) is 15.5. The minimum Gasteiger partial charge on any atom is -0.497 e. The molecule has 0 N–H and O–H groups in total. The van der Waals surface area contributed by atoms with Gasteiger partial charge in [0, 0.05) is 19.0 Å². The van der Waals surface area contributed by atoms with Crippen molar-refractivity contribution in [2.75, 3.05) is 26.9 Å². The second-order valence-corrected chi connectivity index (χ2v) is 8.66. The number of hydrogen-bond acceptors (Lipinski definition) is 5. The summed E-state index contributed by atoms with van der Waals surface area (Å²) >= 11 is 0. The van der Waals surface area contributed by atoms with E-state index in [0.717, 1.165) is 23.3 Å². The summed E-state index contributed by atoms with van der Waals surface area (Å²) in [6.45, 7) is 3.60. The molecule has 0 fully saturated rings. The van der Waals surface area contributed by atoms with Gasteiger partial charge in [-0.15, -0.1) is 0 Å². The molecular formula is C20H23NO5S. The van der Waals surface area contributed by atoms with E-state index in [-0.39, 0.29) is 10.9 Å². The molecule has 144 valence electrons. The van der Waals surface area contributed by atoms with Gasteiger partial charge in [-0.1, -0.05) is 0 Å². The van der Waals surface area contributed by atoms with Crippen LogP contribution >= 0.6 is 0 Å². The first-order valence-electron chi connectivity index (χ1n) is 9.09. The van der Waals surface area contributed by atoms with E-state index >= 15 is 0 Å². The molecule has 2 aromatic rings. The fourth-order valence-corrected chi connectivity index (χ4v) is 5.28. The lowest BCUT2D eigenvalue weighted by Gasteiger charge is -2.34. The van der Waals surface area contributed by atoms with Crippen LogP contribution in [0.4, 0.5) is 0 Å². The molecule has 2 heterocycles.